The second-order valence-corrected chi connectivity index (χ2v) is 6.98. The van der Waals surface area contributed by atoms with E-state index < -0.39 is 0 Å². The number of hydrogen-bond acceptors (Lipinski definition) is 4. The summed E-state index contributed by atoms with van der Waals surface area (Å²) in [5, 5.41) is 15.3. The Balaban J connectivity index is 1.84. The van der Waals surface area contributed by atoms with Crippen LogP contribution in [0, 0.1) is 0 Å². The van der Waals surface area contributed by atoms with Crippen molar-refractivity contribution in [3.8, 4) is 0 Å². The predicted octanol–water partition coefficient (Wildman–Crippen LogP) is 2.14. The van der Waals surface area contributed by atoms with Crippen molar-refractivity contribution in [1.29, 1.82) is 0 Å². The van der Waals surface area contributed by atoms with E-state index >= 15 is 0 Å². The average molecular weight is 328 g/mol. The molecule has 5 nitrogen and oxygen atoms in total. The second-order valence-electron chi connectivity index (χ2n) is 6.63. The summed E-state index contributed by atoms with van der Waals surface area (Å²) in [6.45, 7) is 3.88. The molecule has 0 aromatic carbocycles. The highest BCUT2D eigenvalue weighted by Gasteiger charge is 2.50. The minimum absolute atomic E-state index is 0.0969. The van der Waals surface area contributed by atoms with Crippen molar-refractivity contribution in [2.45, 2.75) is 63.3 Å². The van der Waals surface area contributed by atoms with Crippen LogP contribution >= 0.6 is 11.6 Å². The minimum atomic E-state index is -0.219. The van der Waals surface area contributed by atoms with Crippen LogP contribution in [0.2, 0.25) is 5.15 Å². The van der Waals surface area contributed by atoms with Gasteiger partial charge in [-0.05, 0) is 32.1 Å². The minimum Gasteiger partial charge on any atom is -0.393 e. The summed E-state index contributed by atoms with van der Waals surface area (Å²) < 4.78 is 7.66. The fourth-order valence-corrected chi connectivity index (χ4v) is 4.41. The normalized spacial score (nSPS) is 32.4. The van der Waals surface area contributed by atoms with Gasteiger partial charge in [0.1, 0.15) is 5.15 Å². The summed E-state index contributed by atoms with van der Waals surface area (Å²) in [7, 11) is 3.70. The van der Waals surface area contributed by atoms with Gasteiger partial charge in [0.15, 0.2) is 0 Å². The molecule has 0 bridgehead atoms. The molecule has 1 aliphatic heterocycles. The average Bonchev–Trinajstić information content (AvgIpc) is 3.01. The van der Waals surface area contributed by atoms with Gasteiger partial charge >= 0.3 is 0 Å². The number of rotatable bonds is 4. The van der Waals surface area contributed by atoms with Gasteiger partial charge in [-0.15, -0.1) is 0 Å². The molecule has 3 rings (SSSR count). The fraction of sp³-hybridized carbons (Fsp3) is 0.812. The van der Waals surface area contributed by atoms with Gasteiger partial charge in [0, 0.05) is 38.9 Å². The Bertz CT molecular complexity index is 548. The summed E-state index contributed by atoms with van der Waals surface area (Å²) in [6.07, 6.45) is 4.25. The van der Waals surface area contributed by atoms with E-state index in [0.29, 0.717) is 0 Å². The van der Waals surface area contributed by atoms with Crippen molar-refractivity contribution < 1.29 is 9.84 Å². The molecule has 0 unspecified atom stereocenters. The Labute approximate surface area is 137 Å². The molecule has 1 aromatic rings. The van der Waals surface area contributed by atoms with Crippen molar-refractivity contribution in [3.63, 3.8) is 0 Å². The van der Waals surface area contributed by atoms with E-state index in [0.717, 1.165) is 61.6 Å². The molecule has 1 aliphatic carbocycles. The number of aromatic nitrogens is 2. The second kappa shape index (κ2) is 6.11. The van der Waals surface area contributed by atoms with Gasteiger partial charge in [-0.3, -0.25) is 9.58 Å². The van der Waals surface area contributed by atoms with Crippen LogP contribution in [-0.4, -0.2) is 51.2 Å². The number of aliphatic hydroxyl groups is 1. The van der Waals surface area contributed by atoms with Crippen LogP contribution in [-0.2, 0) is 24.8 Å². The van der Waals surface area contributed by atoms with E-state index in [1.807, 2.05) is 14.2 Å². The lowest BCUT2D eigenvalue weighted by Crippen LogP contribution is -2.51. The maximum atomic E-state index is 10.1. The monoisotopic (exact) mass is 327 g/mol. The third-order valence-corrected chi connectivity index (χ3v) is 5.99. The molecule has 2 heterocycles. The summed E-state index contributed by atoms with van der Waals surface area (Å²) in [6, 6.07) is 0.266. The van der Waals surface area contributed by atoms with E-state index in [9.17, 15) is 5.11 Å². The van der Waals surface area contributed by atoms with Crippen molar-refractivity contribution in [2.75, 3.05) is 13.7 Å². The highest BCUT2D eigenvalue weighted by atomic mass is 35.5. The van der Waals surface area contributed by atoms with Crippen molar-refractivity contribution in [2.24, 2.45) is 7.05 Å². The Kier molecular flexibility index (Phi) is 4.52. The Morgan fingerprint density at radius 2 is 2.23 bits per heavy atom. The molecule has 1 N–H and O–H groups in total. The van der Waals surface area contributed by atoms with Crippen molar-refractivity contribution in [1.82, 2.24) is 14.7 Å². The van der Waals surface area contributed by atoms with E-state index in [1.165, 1.54) is 0 Å². The number of aliphatic hydroxyl groups excluding tert-OH is 1. The maximum Gasteiger partial charge on any atom is 0.131 e. The molecular weight excluding hydrogens is 302 g/mol. The van der Waals surface area contributed by atoms with Gasteiger partial charge in [-0.2, -0.15) is 5.10 Å². The lowest BCUT2D eigenvalue weighted by atomic mass is 9.79. The summed E-state index contributed by atoms with van der Waals surface area (Å²) >= 11 is 6.44. The van der Waals surface area contributed by atoms with Crippen LogP contribution in [0.15, 0.2) is 0 Å². The quantitative estimate of drug-likeness (QED) is 0.920. The molecule has 0 radical (unpaired) electrons. The third-order valence-electron chi connectivity index (χ3n) is 5.52. The number of aryl methyl sites for hydroxylation is 2. The number of ether oxygens (including phenoxy) is 1. The number of methoxy groups -OCH3 is 1. The zero-order valence-electron chi connectivity index (χ0n) is 13.7. The number of hydrogen-bond donors (Lipinski definition) is 1. The van der Waals surface area contributed by atoms with Crippen molar-refractivity contribution >= 4 is 11.6 Å². The first-order valence-corrected chi connectivity index (χ1v) is 8.56. The maximum absolute atomic E-state index is 10.1. The number of halogens is 1. The molecule has 6 heteroatoms. The van der Waals surface area contributed by atoms with Crippen LogP contribution in [0.25, 0.3) is 0 Å². The Hall–Kier alpha value is -0.620. The molecule has 1 saturated heterocycles. The van der Waals surface area contributed by atoms with Crippen LogP contribution in [0.4, 0.5) is 0 Å². The number of fused-ring (bicyclic) bond motifs is 1. The summed E-state index contributed by atoms with van der Waals surface area (Å²) in [5.41, 5.74) is 2.10. The van der Waals surface area contributed by atoms with Crippen LogP contribution < -0.4 is 0 Å². The molecule has 1 saturated carbocycles. The fourth-order valence-electron chi connectivity index (χ4n) is 4.20. The molecule has 0 spiro atoms. The largest absolute Gasteiger partial charge is 0.393 e. The molecule has 3 atom stereocenters. The smallest absolute Gasteiger partial charge is 0.131 e. The first kappa shape index (κ1) is 16.2. The standard InChI is InChI=1S/C16H26ClN3O2/c1-4-13-12(15(17)19(2)18-13)10-20-8-7-16(22-3)6-5-11(21)9-14(16)20/h11,14,21H,4-10H2,1-3H3/t11-,14-,16+/m0/s1. The zero-order chi connectivity index (χ0) is 15.9. The first-order chi connectivity index (χ1) is 10.5. The van der Waals surface area contributed by atoms with E-state index in [1.54, 1.807) is 4.68 Å². The molecule has 22 heavy (non-hydrogen) atoms. The Morgan fingerprint density at radius 3 is 2.91 bits per heavy atom. The van der Waals surface area contributed by atoms with Gasteiger partial charge in [-0.1, -0.05) is 18.5 Å². The van der Waals surface area contributed by atoms with Crippen molar-refractivity contribution in [3.05, 3.63) is 16.4 Å². The van der Waals surface area contributed by atoms with E-state index in [2.05, 4.69) is 16.9 Å². The van der Waals surface area contributed by atoms with E-state index in [4.69, 9.17) is 16.3 Å². The highest BCUT2D eigenvalue weighted by Crippen LogP contribution is 2.43. The lowest BCUT2D eigenvalue weighted by molar-refractivity contribution is -0.0879. The molecular formula is C16H26ClN3O2. The topological polar surface area (TPSA) is 50.5 Å². The number of likely N-dealkylation sites (tertiary alicyclic amines) is 1. The van der Waals surface area contributed by atoms with Crippen LogP contribution in [0.1, 0.15) is 43.9 Å². The van der Waals surface area contributed by atoms with Gasteiger partial charge < -0.3 is 9.84 Å². The summed E-state index contributed by atoms with van der Waals surface area (Å²) in [5.74, 6) is 0. The molecule has 2 fully saturated rings. The third kappa shape index (κ3) is 2.58. The van der Waals surface area contributed by atoms with Crippen LogP contribution in [0.5, 0.6) is 0 Å². The number of nitrogens with zero attached hydrogens (tertiary/aromatic N) is 3. The molecule has 124 valence electrons. The molecule has 2 aliphatic rings. The molecule has 1 aromatic heterocycles. The Morgan fingerprint density at radius 1 is 1.45 bits per heavy atom. The summed E-state index contributed by atoms with van der Waals surface area (Å²) in [4.78, 5) is 2.42. The van der Waals surface area contributed by atoms with Gasteiger partial charge in [0.25, 0.3) is 0 Å². The highest BCUT2D eigenvalue weighted by molar-refractivity contribution is 6.30. The van der Waals surface area contributed by atoms with Gasteiger partial charge in [-0.25, -0.2) is 0 Å². The predicted molar refractivity (Wildman–Crippen MR) is 86.0 cm³/mol. The lowest BCUT2D eigenvalue weighted by Gasteiger charge is -2.42. The molecule has 0 amide bonds. The van der Waals surface area contributed by atoms with Crippen LogP contribution in [0.3, 0.4) is 0 Å². The van der Waals surface area contributed by atoms with E-state index in [-0.39, 0.29) is 17.7 Å². The van der Waals surface area contributed by atoms with Gasteiger partial charge in [0.2, 0.25) is 0 Å². The van der Waals surface area contributed by atoms with Gasteiger partial charge in [0.05, 0.1) is 17.4 Å². The SMILES string of the molecule is CCc1nn(C)c(Cl)c1CN1CC[C@]2(OC)CC[C@H](O)C[C@H]12. The first-order valence-electron chi connectivity index (χ1n) is 8.18. The zero-order valence-corrected chi connectivity index (χ0v) is 14.4.